The minimum Gasteiger partial charge on any atom is -0.354 e. The molecule has 6 heteroatoms. The summed E-state index contributed by atoms with van der Waals surface area (Å²) in [6.07, 6.45) is 0.735. The lowest BCUT2D eigenvalue weighted by molar-refractivity contribution is -0.122. The quantitative estimate of drug-likeness (QED) is 0.803. The average Bonchev–Trinajstić information content (AvgIpc) is 2.58. The number of carbonyl (C=O) groups excluding carboxylic acids is 2. The van der Waals surface area contributed by atoms with Crippen LogP contribution in [0.5, 0.6) is 0 Å². The molecule has 4 nitrogen and oxygen atoms in total. The van der Waals surface area contributed by atoms with Gasteiger partial charge in [0, 0.05) is 6.54 Å². The van der Waals surface area contributed by atoms with Crippen LogP contribution in [0.1, 0.15) is 28.4 Å². The first kappa shape index (κ1) is 19.3. The third kappa shape index (κ3) is 5.21. The molecule has 1 unspecified atom stereocenters. The maximum atomic E-state index is 12.2. The molecule has 0 aliphatic rings. The van der Waals surface area contributed by atoms with Crippen LogP contribution in [0.4, 0.5) is 0 Å². The number of halogens is 2. The highest BCUT2D eigenvalue weighted by Gasteiger charge is 2.18. The van der Waals surface area contributed by atoms with Crippen LogP contribution in [0, 0.1) is 6.92 Å². The van der Waals surface area contributed by atoms with E-state index in [2.05, 4.69) is 10.6 Å². The lowest BCUT2D eigenvalue weighted by Gasteiger charge is -2.15. The van der Waals surface area contributed by atoms with Gasteiger partial charge in [0.15, 0.2) is 0 Å². The Bertz CT molecular complexity index is 778. The first-order valence-corrected chi connectivity index (χ1v) is 8.73. The molecule has 0 spiro atoms. The molecule has 0 radical (unpaired) electrons. The van der Waals surface area contributed by atoms with Gasteiger partial charge < -0.3 is 10.6 Å². The molecular weight excluding hydrogens is 359 g/mol. The van der Waals surface area contributed by atoms with Crippen molar-refractivity contribution in [2.75, 3.05) is 6.54 Å². The Morgan fingerprint density at radius 3 is 2.52 bits per heavy atom. The zero-order valence-corrected chi connectivity index (χ0v) is 15.6. The summed E-state index contributed by atoms with van der Waals surface area (Å²) in [5.74, 6) is -0.686. The van der Waals surface area contributed by atoms with Crippen LogP contribution in [0.25, 0.3) is 0 Å². The lowest BCUT2D eigenvalue weighted by atomic mass is 10.1. The second-order valence-corrected chi connectivity index (χ2v) is 6.55. The summed E-state index contributed by atoms with van der Waals surface area (Å²) in [7, 11) is 0. The third-order valence-corrected chi connectivity index (χ3v) is 4.71. The molecule has 2 aromatic rings. The van der Waals surface area contributed by atoms with Crippen LogP contribution in [-0.4, -0.2) is 24.4 Å². The molecule has 2 N–H and O–H groups in total. The molecule has 1 atom stereocenters. The van der Waals surface area contributed by atoms with E-state index < -0.39 is 11.9 Å². The van der Waals surface area contributed by atoms with E-state index in [0.29, 0.717) is 11.6 Å². The van der Waals surface area contributed by atoms with Crippen LogP contribution in [0.3, 0.4) is 0 Å². The molecule has 2 amide bonds. The van der Waals surface area contributed by atoms with Crippen molar-refractivity contribution in [2.24, 2.45) is 0 Å². The summed E-state index contributed by atoms with van der Waals surface area (Å²) in [4.78, 5) is 24.4. The van der Waals surface area contributed by atoms with Gasteiger partial charge in [0.25, 0.3) is 5.91 Å². The summed E-state index contributed by atoms with van der Waals surface area (Å²) in [6.45, 7) is 4.16. The van der Waals surface area contributed by atoms with Crippen LogP contribution in [0.2, 0.25) is 10.0 Å². The number of amides is 2. The maximum absolute atomic E-state index is 12.2. The molecule has 132 valence electrons. The summed E-state index contributed by atoms with van der Waals surface area (Å²) in [6, 6.07) is 12.1. The van der Waals surface area contributed by atoms with Gasteiger partial charge in [-0.2, -0.15) is 0 Å². The molecule has 0 bridgehead atoms. The number of carbonyl (C=O) groups is 2. The van der Waals surface area contributed by atoms with Gasteiger partial charge in [-0.05, 0) is 43.5 Å². The molecule has 0 aromatic heterocycles. The Hall–Kier alpha value is -2.04. The van der Waals surface area contributed by atoms with E-state index in [1.165, 1.54) is 11.1 Å². The van der Waals surface area contributed by atoms with E-state index in [9.17, 15) is 9.59 Å². The van der Waals surface area contributed by atoms with E-state index in [4.69, 9.17) is 23.2 Å². The SMILES string of the molecule is Cc1ccccc1CCNC(=O)C(C)NC(=O)c1cccc(Cl)c1Cl. The van der Waals surface area contributed by atoms with Gasteiger partial charge in [0.1, 0.15) is 6.04 Å². The van der Waals surface area contributed by atoms with Crippen molar-refractivity contribution in [3.63, 3.8) is 0 Å². The van der Waals surface area contributed by atoms with Crippen molar-refractivity contribution >= 4 is 35.0 Å². The molecule has 2 aromatic carbocycles. The van der Waals surface area contributed by atoms with Crippen molar-refractivity contribution in [3.8, 4) is 0 Å². The highest BCUT2D eigenvalue weighted by Crippen LogP contribution is 2.25. The van der Waals surface area contributed by atoms with E-state index in [-0.39, 0.29) is 16.5 Å². The molecule has 0 aliphatic heterocycles. The number of aryl methyl sites for hydroxylation is 1. The Morgan fingerprint density at radius 2 is 1.80 bits per heavy atom. The Morgan fingerprint density at radius 1 is 1.08 bits per heavy atom. The summed E-state index contributed by atoms with van der Waals surface area (Å²) >= 11 is 11.9. The Balaban J connectivity index is 1.86. The summed E-state index contributed by atoms with van der Waals surface area (Å²) in [5, 5.41) is 5.93. The van der Waals surface area contributed by atoms with Crippen molar-refractivity contribution in [1.29, 1.82) is 0 Å². The highest BCUT2D eigenvalue weighted by molar-refractivity contribution is 6.43. The van der Waals surface area contributed by atoms with Crippen LogP contribution >= 0.6 is 23.2 Å². The number of hydrogen-bond acceptors (Lipinski definition) is 2. The van der Waals surface area contributed by atoms with Crippen molar-refractivity contribution in [2.45, 2.75) is 26.3 Å². The molecule has 0 heterocycles. The predicted octanol–water partition coefficient (Wildman–Crippen LogP) is 3.78. The fraction of sp³-hybridized carbons (Fsp3) is 0.263. The summed E-state index contributed by atoms with van der Waals surface area (Å²) in [5.41, 5.74) is 2.62. The Labute approximate surface area is 157 Å². The van der Waals surface area contributed by atoms with E-state index in [1.54, 1.807) is 25.1 Å². The molecular formula is C19H20Cl2N2O2. The van der Waals surface area contributed by atoms with Gasteiger partial charge in [-0.1, -0.05) is 53.5 Å². The van der Waals surface area contributed by atoms with E-state index >= 15 is 0 Å². The lowest BCUT2D eigenvalue weighted by Crippen LogP contribution is -2.45. The molecule has 0 saturated heterocycles. The van der Waals surface area contributed by atoms with Crippen molar-refractivity contribution in [1.82, 2.24) is 10.6 Å². The van der Waals surface area contributed by atoms with Crippen LogP contribution in [-0.2, 0) is 11.2 Å². The van der Waals surface area contributed by atoms with Crippen molar-refractivity contribution < 1.29 is 9.59 Å². The van der Waals surface area contributed by atoms with Gasteiger partial charge in [0.2, 0.25) is 5.91 Å². The number of hydrogen-bond donors (Lipinski definition) is 2. The first-order chi connectivity index (χ1) is 11.9. The summed E-state index contributed by atoms with van der Waals surface area (Å²) < 4.78 is 0. The smallest absolute Gasteiger partial charge is 0.253 e. The predicted molar refractivity (Wildman–Crippen MR) is 101 cm³/mol. The minimum absolute atomic E-state index is 0.175. The highest BCUT2D eigenvalue weighted by atomic mass is 35.5. The normalized spacial score (nSPS) is 11.7. The minimum atomic E-state index is -0.681. The van der Waals surface area contributed by atoms with Gasteiger partial charge in [-0.3, -0.25) is 9.59 Å². The molecule has 0 saturated carbocycles. The van der Waals surface area contributed by atoms with E-state index in [1.807, 2.05) is 31.2 Å². The topological polar surface area (TPSA) is 58.2 Å². The molecule has 0 fully saturated rings. The average molecular weight is 379 g/mol. The van der Waals surface area contributed by atoms with Gasteiger partial charge in [-0.15, -0.1) is 0 Å². The number of rotatable bonds is 6. The standard InChI is InChI=1S/C19H20Cl2N2O2/c1-12-6-3-4-7-14(12)10-11-22-18(24)13(2)23-19(25)15-8-5-9-16(20)17(15)21/h3-9,13H,10-11H2,1-2H3,(H,22,24)(H,23,25). The monoisotopic (exact) mass is 378 g/mol. The number of nitrogens with one attached hydrogen (secondary N) is 2. The third-order valence-electron chi connectivity index (χ3n) is 3.89. The fourth-order valence-corrected chi connectivity index (χ4v) is 2.77. The Kier molecular flexibility index (Phi) is 6.85. The molecule has 2 rings (SSSR count). The zero-order chi connectivity index (χ0) is 18.4. The van der Waals surface area contributed by atoms with Crippen LogP contribution in [0.15, 0.2) is 42.5 Å². The van der Waals surface area contributed by atoms with Crippen molar-refractivity contribution in [3.05, 3.63) is 69.2 Å². The van der Waals surface area contributed by atoms with E-state index in [0.717, 1.165) is 6.42 Å². The first-order valence-electron chi connectivity index (χ1n) is 7.97. The number of benzene rings is 2. The molecule has 25 heavy (non-hydrogen) atoms. The zero-order valence-electron chi connectivity index (χ0n) is 14.1. The molecule has 0 aliphatic carbocycles. The van der Waals surface area contributed by atoms with Crippen LogP contribution < -0.4 is 10.6 Å². The fourth-order valence-electron chi connectivity index (χ4n) is 2.38. The maximum Gasteiger partial charge on any atom is 0.253 e. The second-order valence-electron chi connectivity index (χ2n) is 5.76. The van der Waals surface area contributed by atoms with Gasteiger partial charge in [-0.25, -0.2) is 0 Å². The van der Waals surface area contributed by atoms with Gasteiger partial charge in [0.05, 0.1) is 15.6 Å². The second kappa shape index (κ2) is 8.88. The largest absolute Gasteiger partial charge is 0.354 e. The van der Waals surface area contributed by atoms with Gasteiger partial charge >= 0.3 is 0 Å².